The number of thiazole rings is 1. The highest BCUT2D eigenvalue weighted by atomic mass is 32.2. The molecular weight excluding hydrogens is 280 g/mol. The Morgan fingerprint density at radius 1 is 1.53 bits per heavy atom. The summed E-state index contributed by atoms with van der Waals surface area (Å²) in [6.07, 6.45) is 0. The second-order valence-electron chi connectivity index (χ2n) is 4.37. The number of aromatic nitrogens is 1. The van der Waals surface area contributed by atoms with Crippen molar-refractivity contribution in [2.75, 3.05) is 12.4 Å². The number of para-hydroxylation sites is 1. The zero-order chi connectivity index (χ0) is 13.9. The molecule has 1 unspecified atom stereocenters. The number of thioether (sulfide) groups is 1. The van der Waals surface area contributed by atoms with Gasteiger partial charge in [-0.25, -0.2) is 4.98 Å². The summed E-state index contributed by atoms with van der Waals surface area (Å²) in [6, 6.07) is 7.95. The van der Waals surface area contributed by atoms with Gasteiger partial charge in [-0.15, -0.1) is 11.3 Å². The third-order valence-electron chi connectivity index (χ3n) is 2.51. The molecule has 0 aliphatic rings. The van der Waals surface area contributed by atoms with Crippen LogP contribution in [0.25, 0.3) is 10.2 Å². The van der Waals surface area contributed by atoms with E-state index in [1.54, 1.807) is 25.2 Å². The maximum Gasteiger partial charge on any atom is 0.326 e. The van der Waals surface area contributed by atoms with Crippen molar-refractivity contribution in [2.24, 2.45) is 5.73 Å². The number of hydrogen-bond acceptors (Lipinski definition) is 6. The predicted molar refractivity (Wildman–Crippen MR) is 79.6 cm³/mol. The fourth-order valence-electron chi connectivity index (χ4n) is 1.48. The van der Waals surface area contributed by atoms with Gasteiger partial charge in [-0.2, -0.15) is 0 Å². The van der Waals surface area contributed by atoms with Gasteiger partial charge in [0.15, 0.2) is 4.34 Å². The molecule has 1 aromatic heterocycles. The van der Waals surface area contributed by atoms with Crippen LogP contribution in [0.15, 0.2) is 28.6 Å². The Bertz CT molecular complexity index is 548. The average molecular weight is 296 g/mol. The van der Waals surface area contributed by atoms with Crippen molar-refractivity contribution in [1.82, 2.24) is 4.98 Å². The van der Waals surface area contributed by atoms with E-state index in [2.05, 4.69) is 4.98 Å². The van der Waals surface area contributed by atoms with Gasteiger partial charge in [0, 0.05) is 5.75 Å². The molecule has 2 aromatic rings. The second kappa shape index (κ2) is 5.90. The first-order chi connectivity index (χ1) is 9.03. The number of hydrogen-bond donors (Lipinski definition) is 1. The smallest absolute Gasteiger partial charge is 0.326 e. The molecular formula is C13H16N2O2S2. The van der Waals surface area contributed by atoms with Gasteiger partial charge in [0.2, 0.25) is 0 Å². The number of ether oxygens (including phenoxy) is 1. The van der Waals surface area contributed by atoms with E-state index < -0.39 is 5.54 Å². The Kier molecular flexibility index (Phi) is 4.44. The molecule has 102 valence electrons. The minimum atomic E-state index is -0.988. The monoisotopic (exact) mass is 296 g/mol. The maximum absolute atomic E-state index is 11.7. The summed E-state index contributed by atoms with van der Waals surface area (Å²) < 4.78 is 7.02. The highest BCUT2D eigenvalue weighted by molar-refractivity contribution is 8.01. The molecule has 0 saturated heterocycles. The molecule has 1 atom stereocenters. The Labute approximate surface area is 120 Å². The molecule has 0 fully saturated rings. The first kappa shape index (κ1) is 14.3. The van der Waals surface area contributed by atoms with E-state index in [1.165, 1.54) is 11.8 Å². The van der Waals surface area contributed by atoms with E-state index in [0.717, 1.165) is 14.6 Å². The van der Waals surface area contributed by atoms with Gasteiger partial charge in [-0.3, -0.25) is 4.79 Å². The standard InChI is InChI=1S/C13H16N2O2S2/c1-3-17-11(16)13(2,14)8-18-12-15-9-6-4-5-7-10(9)19-12/h4-7H,3,8,14H2,1-2H3. The highest BCUT2D eigenvalue weighted by Gasteiger charge is 2.30. The van der Waals surface area contributed by atoms with Gasteiger partial charge in [0.25, 0.3) is 0 Å². The molecule has 2 N–H and O–H groups in total. The number of benzene rings is 1. The molecule has 4 nitrogen and oxygen atoms in total. The summed E-state index contributed by atoms with van der Waals surface area (Å²) in [5, 5.41) is 0. The number of rotatable bonds is 5. The van der Waals surface area contributed by atoms with Crippen molar-refractivity contribution in [2.45, 2.75) is 23.7 Å². The van der Waals surface area contributed by atoms with Crippen molar-refractivity contribution >= 4 is 39.3 Å². The maximum atomic E-state index is 11.7. The number of carbonyl (C=O) groups excluding carboxylic acids is 1. The van der Waals surface area contributed by atoms with E-state index in [4.69, 9.17) is 10.5 Å². The SMILES string of the molecule is CCOC(=O)C(C)(N)CSc1nc2ccccc2s1. The Balaban J connectivity index is 2.03. The predicted octanol–water partition coefficient (Wildman–Crippen LogP) is 2.67. The van der Waals surface area contributed by atoms with Crippen LogP contribution < -0.4 is 5.73 Å². The summed E-state index contributed by atoms with van der Waals surface area (Å²) in [5.41, 5.74) is 5.96. The molecule has 1 aromatic carbocycles. The molecule has 0 bridgehead atoms. The van der Waals surface area contributed by atoms with Gasteiger partial charge in [-0.1, -0.05) is 23.9 Å². The lowest BCUT2D eigenvalue weighted by Gasteiger charge is -2.20. The Morgan fingerprint density at radius 3 is 2.95 bits per heavy atom. The van der Waals surface area contributed by atoms with E-state index in [-0.39, 0.29) is 5.97 Å². The average Bonchev–Trinajstić information content (AvgIpc) is 2.79. The van der Waals surface area contributed by atoms with Crippen molar-refractivity contribution in [1.29, 1.82) is 0 Å². The highest BCUT2D eigenvalue weighted by Crippen LogP contribution is 2.30. The molecule has 0 radical (unpaired) electrons. The fraction of sp³-hybridized carbons (Fsp3) is 0.385. The number of nitrogens with two attached hydrogens (primary N) is 1. The molecule has 0 aliphatic heterocycles. The zero-order valence-corrected chi connectivity index (χ0v) is 12.5. The van der Waals surface area contributed by atoms with Crippen molar-refractivity contribution in [3.63, 3.8) is 0 Å². The lowest BCUT2D eigenvalue weighted by atomic mass is 10.1. The lowest BCUT2D eigenvalue weighted by Crippen LogP contribution is -2.48. The van der Waals surface area contributed by atoms with Crippen LogP contribution in [0.1, 0.15) is 13.8 Å². The number of fused-ring (bicyclic) bond motifs is 1. The van der Waals surface area contributed by atoms with E-state index in [1.807, 2.05) is 24.3 Å². The first-order valence-corrected chi connectivity index (χ1v) is 7.77. The van der Waals surface area contributed by atoms with Crippen LogP contribution in [0.4, 0.5) is 0 Å². The van der Waals surface area contributed by atoms with Gasteiger partial charge >= 0.3 is 5.97 Å². The van der Waals surface area contributed by atoms with Crippen LogP contribution in [0.2, 0.25) is 0 Å². The van der Waals surface area contributed by atoms with E-state index in [0.29, 0.717) is 12.4 Å². The van der Waals surface area contributed by atoms with Crippen molar-refractivity contribution in [3.8, 4) is 0 Å². The third-order valence-corrected chi connectivity index (χ3v) is 5.03. The molecule has 19 heavy (non-hydrogen) atoms. The van der Waals surface area contributed by atoms with Crippen molar-refractivity contribution < 1.29 is 9.53 Å². The van der Waals surface area contributed by atoms with E-state index >= 15 is 0 Å². The van der Waals surface area contributed by atoms with Crippen LogP contribution in [-0.2, 0) is 9.53 Å². The largest absolute Gasteiger partial charge is 0.465 e. The van der Waals surface area contributed by atoms with E-state index in [9.17, 15) is 4.79 Å². The normalized spacial score (nSPS) is 14.3. The number of nitrogens with zero attached hydrogens (tertiary/aromatic N) is 1. The molecule has 2 rings (SSSR count). The van der Waals surface area contributed by atoms with Crippen LogP contribution in [0.5, 0.6) is 0 Å². The summed E-state index contributed by atoms with van der Waals surface area (Å²) in [5.74, 6) is 0.0784. The molecule has 0 aliphatic carbocycles. The van der Waals surface area contributed by atoms with Crippen LogP contribution in [-0.4, -0.2) is 28.9 Å². The van der Waals surface area contributed by atoms with Crippen LogP contribution in [0, 0.1) is 0 Å². The molecule has 1 heterocycles. The lowest BCUT2D eigenvalue weighted by molar-refractivity contribution is -0.148. The van der Waals surface area contributed by atoms with Crippen LogP contribution in [0.3, 0.4) is 0 Å². The molecule has 0 spiro atoms. The van der Waals surface area contributed by atoms with Gasteiger partial charge in [0.05, 0.1) is 16.8 Å². The topological polar surface area (TPSA) is 65.2 Å². The van der Waals surface area contributed by atoms with Crippen molar-refractivity contribution in [3.05, 3.63) is 24.3 Å². The number of carbonyl (C=O) groups is 1. The molecule has 0 amide bonds. The van der Waals surface area contributed by atoms with Gasteiger partial charge in [-0.05, 0) is 26.0 Å². The number of esters is 1. The minimum absolute atomic E-state index is 0.345. The fourth-order valence-corrected chi connectivity index (χ4v) is 3.56. The summed E-state index contributed by atoms with van der Waals surface area (Å²) >= 11 is 3.10. The second-order valence-corrected chi connectivity index (χ2v) is 6.63. The quantitative estimate of drug-likeness (QED) is 0.679. The first-order valence-electron chi connectivity index (χ1n) is 5.97. The van der Waals surface area contributed by atoms with Gasteiger partial charge in [0.1, 0.15) is 5.54 Å². The zero-order valence-electron chi connectivity index (χ0n) is 10.9. The summed E-state index contributed by atoms with van der Waals surface area (Å²) in [4.78, 5) is 16.2. The molecule has 0 saturated carbocycles. The summed E-state index contributed by atoms with van der Waals surface area (Å²) in [7, 11) is 0. The minimum Gasteiger partial charge on any atom is -0.465 e. The Hall–Kier alpha value is -1.11. The van der Waals surface area contributed by atoms with Gasteiger partial charge < -0.3 is 10.5 Å². The Morgan fingerprint density at radius 2 is 2.26 bits per heavy atom. The van der Waals surface area contributed by atoms with Crippen LogP contribution >= 0.6 is 23.1 Å². The third kappa shape index (κ3) is 3.46. The molecule has 6 heteroatoms. The summed E-state index contributed by atoms with van der Waals surface area (Å²) in [6.45, 7) is 3.80.